The first-order valence-electron chi connectivity index (χ1n) is 10.9. The predicted octanol–water partition coefficient (Wildman–Crippen LogP) is 7.07. The fourth-order valence-corrected chi connectivity index (χ4v) is 2.37. The first kappa shape index (κ1) is 26.8. The van der Waals surface area contributed by atoms with Gasteiger partial charge in [-0.15, -0.1) is 0 Å². The second-order valence-electron chi connectivity index (χ2n) is 7.80. The molecule has 3 heteroatoms. The van der Waals surface area contributed by atoms with Crippen LogP contribution >= 0.6 is 0 Å². The lowest BCUT2D eigenvalue weighted by atomic mass is 9.91. The van der Waals surface area contributed by atoms with Gasteiger partial charge in [-0.05, 0) is 44.9 Å². The van der Waals surface area contributed by atoms with E-state index in [1.54, 1.807) is 0 Å². The van der Waals surface area contributed by atoms with Crippen LogP contribution in [0.4, 0.5) is 0 Å². The first-order valence-corrected chi connectivity index (χ1v) is 10.9. The van der Waals surface area contributed by atoms with Crippen LogP contribution in [0, 0.1) is 5.41 Å². The molecule has 0 radical (unpaired) electrons. The third-order valence-corrected chi connectivity index (χ3v) is 4.17. The van der Waals surface area contributed by atoms with Crippen molar-refractivity contribution in [3.8, 4) is 0 Å². The van der Waals surface area contributed by atoms with Gasteiger partial charge in [0.1, 0.15) is 6.29 Å². The molecule has 0 atom stereocenters. The van der Waals surface area contributed by atoms with E-state index in [1.807, 2.05) is 13.8 Å². The second kappa shape index (κ2) is 19.2. The average Bonchev–Trinajstić information content (AvgIpc) is 2.69. The Morgan fingerprint density at radius 3 is 1.76 bits per heavy atom. The highest BCUT2D eigenvalue weighted by Gasteiger charge is 2.19. The number of hydrogen-bond donors (Lipinski definition) is 0. The van der Waals surface area contributed by atoms with Crippen LogP contribution < -0.4 is 0 Å². The van der Waals surface area contributed by atoms with Crippen molar-refractivity contribution < 1.29 is 14.3 Å². The van der Waals surface area contributed by atoms with E-state index in [0.29, 0.717) is 19.4 Å². The molecule has 0 aromatic rings. The third kappa shape index (κ3) is 20.4. The largest absolute Gasteiger partial charge is 0.465 e. The van der Waals surface area contributed by atoms with Crippen molar-refractivity contribution in [1.29, 1.82) is 0 Å². The second-order valence-corrected chi connectivity index (χ2v) is 7.80. The van der Waals surface area contributed by atoms with Crippen molar-refractivity contribution in [3.05, 3.63) is 60.8 Å². The molecule has 0 aromatic heterocycles. The maximum atomic E-state index is 11.7. The monoisotopic (exact) mass is 400 g/mol. The van der Waals surface area contributed by atoms with Crippen LogP contribution in [-0.4, -0.2) is 18.9 Å². The van der Waals surface area contributed by atoms with Gasteiger partial charge in [-0.25, -0.2) is 0 Å². The van der Waals surface area contributed by atoms with Gasteiger partial charge in [0, 0.05) is 18.3 Å². The van der Waals surface area contributed by atoms with Gasteiger partial charge in [-0.2, -0.15) is 0 Å². The lowest BCUT2D eigenvalue weighted by molar-refractivity contribution is -0.147. The van der Waals surface area contributed by atoms with E-state index < -0.39 is 0 Å². The van der Waals surface area contributed by atoms with Gasteiger partial charge in [0.2, 0.25) is 0 Å². The molecule has 162 valence electrons. The van der Waals surface area contributed by atoms with Gasteiger partial charge < -0.3 is 9.53 Å². The Hall–Kier alpha value is -2.16. The highest BCUT2D eigenvalue weighted by Crippen LogP contribution is 2.19. The number of esters is 1. The molecular formula is C26H40O3. The molecule has 0 amide bonds. The van der Waals surface area contributed by atoms with Crippen molar-refractivity contribution in [1.82, 2.24) is 0 Å². The number of ether oxygens (including phenoxy) is 1. The normalized spacial score (nSPS) is 12.9. The van der Waals surface area contributed by atoms with Gasteiger partial charge in [0.25, 0.3) is 0 Å². The molecule has 3 nitrogen and oxygen atoms in total. The maximum Gasteiger partial charge on any atom is 0.305 e. The Labute approximate surface area is 178 Å². The zero-order chi connectivity index (χ0) is 21.6. The summed E-state index contributed by atoms with van der Waals surface area (Å²) < 4.78 is 5.24. The summed E-state index contributed by atoms with van der Waals surface area (Å²) in [5.74, 6) is -0.184. The number of rotatable bonds is 17. The average molecular weight is 401 g/mol. The molecule has 0 heterocycles. The van der Waals surface area contributed by atoms with E-state index in [1.165, 1.54) is 0 Å². The molecule has 0 aliphatic heterocycles. The van der Waals surface area contributed by atoms with Gasteiger partial charge in [0.15, 0.2) is 0 Å². The lowest BCUT2D eigenvalue weighted by Crippen LogP contribution is -2.22. The standard InChI is InChI=1S/C26H40O3/c1-4-5-6-7-8-9-10-11-12-13-14-15-16-17-18-19-20-21-25(28)29-24-26(2,3)22-23-27/h5-6,8-9,11-12,14-15,17-18,23H,4,7,10,13,16,19-22,24H2,1-3H3/b6-5-,9-8-,12-11-,15-14-,18-17-. The summed E-state index contributed by atoms with van der Waals surface area (Å²) in [6, 6.07) is 0. The minimum absolute atomic E-state index is 0.184. The number of carbonyl (C=O) groups excluding carboxylic acids is 2. The zero-order valence-electron chi connectivity index (χ0n) is 18.6. The Morgan fingerprint density at radius 2 is 1.28 bits per heavy atom. The predicted molar refractivity (Wildman–Crippen MR) is 124 cm³/mol. The topological polar surface area (TPSA) is 43.4 Å². The maximum absolute atomic E-state index is 11.7. The molecule has 0 saturated heterocycles. The van der Waals surface area contributed by atoms with Crippen molar-refractivity contribution in [2.75, 3.05) is 6.61 Å². The minimum atomic E-state index is -0.276. The number of carbonyl (C=O) groups is 2. The SMILES string of the molecule is CC/C=C\C/C=C\C/C=C\C/C=C\C/C=C\CCCC(=O)OCC(C)(C)CC=O. The summed E-state index contributed by atoms with van der Waals surface area (Å²) in [7, 11) is 0. The quantitative estimate of drug-likeness (QED) is 0.113. The summed E-state index contributed by atoms with van der Waals surface area (Å²) in [6.45, 7) is 6.29. The van der Waals surface area contributed by atoms with Crippen molar-refractivity contribution >= 4 is 12.3 Å². The summed E-state index contributed by atoms with van der Waals surface area (Å²) in [5.41, 5.74) is -0.276. The number of hydrogen-bond acceptors (Lipinski definition) is 3. The summed E-state index contributed by atoms with van der Waals surface area (Å²) >= 11 is 0. The third-order valence-electron chi connectivity index (χ3n) is 4.17. The molecule has 0 aliphatic carbocycles. The lowest BCUT2D eigenvalue weighted by Gasteiger charge is -2.21. The van der Waals surface area contributed by atoms with Crippen LogP contribution in [0.25, 0.3) is 0 Å². The van der Waals surface area contributed by atoms with Crippen LogP contribution in [0.5, 0.6) is 0 Å². The first-order chi connectivity index (χ1) is 14.0. The molecule has 0 aliphatic rings. The van der Waals surface area contributed by atoms with E-state index in [9.17, 15) is 9.59 Å². The molecule has 29 heavy (non-hydrogen) atoms. The van der Waals surface area contributed by atoms with Crippen molar-refractivity contribution in [2.24, 2.45) is 5.41 Å². The molecule has 0 fully saturated rings. The van der Waals surface area contributed by atoms with Crippen LogP contribution in [0.3, 0.4) is 0 Å². The molecule has 0 N–H and O–H groups in total. The smallest absolute Gasteiger partial charge is 0.305 e. The molecule has 0 aromatic carbocycles. The zero-order valence-corrected chi connectivity index (χ0v) is 18.6. The van der Waals surface area contributed by atoms with E-state index in [0.717, 1.165) is 51.2 Å². The fourth-order valence-electron chi connectivity index (χ4n) is 2.37. The van der Waals surface area contributed by atoms with Crippen LogP contribution in [0.1, 0.15) is 78.6 Å². The molecule has 0 saturated carbocycles. The van der Waals surface area contributed by atoms with Gasteiger partial charge >= 0.3 is 5.97 Å². The van der Waals surface area contributed by atoms with Crippen LogP contribution in [0.2, 0.25) is 0 Å². The van der Waals surface area contributed by atoms with Crippen molar-refractivity contribution in [2.45, 2.75) is 78.6 Å². The van der Waals surface area contributed by atoms with Gasteiger partial charge in [0.05, 0.1) is 6.61 Å². The van der Waals surface area contributed by atoms with Crippen LogP contribution in [0.15, 0.2) is 60.8 Å². The summed E-state index contributed by atoms with van der Waals surface area (Å²) in [4.78, 5) is 22.2. The van der Waals surface area contributed by atoms with E-state index in [2.05, 4.69) is 67.7 Å². The number of allylic oxidation sites excluding steroid dienone is 10. The highest BCUT2D eigenvalue weighted by atomic mass is 16.5. The Balaban J connectivity index is 3.64. The molecule has 0 rings (SSSR count). The molecular weight excluding hydrogens is 360 g/mol. The summed E-state index contributed by atoms with van der Waals surface area (Å²) in [6.07, 6.45) is 30.1. The van der Waals surface area contributed by atoms with Crippen molar-refractivity contribution in [3.63, 3.8) is 0 Å². The Kier molecular flexibility index (Phi) is 17.7. The Bertz CT molecular complexity index is 563. The fraction of sp³-hybridized carbons (Fsp3) is 0.538. The van der Waals surface area contributed by atoms with E-state index in [-0.39, 0.29) is 11.4 Å². The number of aldehydes is 1. The Morgan fingerprint density at radius 1 is 0.793 bits per heavy atom. The molecule has 0 bridgehead atoms. The number of unbranched alkanes of at least 4 members (excludes halogenated alkanes) is 1. The van der Waals surface area contributed by atoms with E-state index >= 15 is 0 Å². The highest BCUT2D eigenvalue weighted by molar-refractivity contribution is 5.69. The molecule has 0 unspecified atom stereocenters. The summed E-state index contributed by atoms with van der Waals surface area (Å²) in [5, 5.41) is 0. The molecule has 0 spiro atoms. The van der Waals surface area contributed by atoms with Crippen LogP contribution in [-0.2, 0) is 14.3 Å². The van der Waals surface area contributed by atoms with E-state index in [4.69, 9.17) is 4.74 Å². The van der Waals surface area contributed by atoms with Gasteiger partial charge in [-0.3, -0.25) is 4.79 Å². The minimum Gasteiger partial charge on any atom is -0.465 e. The van der Waals surface area contributed by atoms with Gasteiger partial charge in [-0.1, -0.05) is 81.5 Å².